The minimum atomic E-state index is -0.507. The lowest BCUT2D eigenvalue weighted by atomic mass is 9.68. The Bertz CT molecular complexity index is 1180. The molecule has 2 aliphatic carbocycles. The Morgan fingerprint density at radius 3 is 2.94 bits per heavy atom. The first kappa shape index (κ1) is 19.7. The molecule has 166 valence electrons. The van der Waals surface area contributed by atoms with Crippen LogP contribution in [0.5, 0.6) is 0 Å². The van der Waals surface area contributed by atoms with Gasteiger partial charge in [0.1, 0.15) is 11.9 Å². The number of benzene rings is 1. The molecule has 2 atom stereocenters. The molecule has 6 rings (SSSR count). The number of hydrogen-bond donors (Lipinski definition) is 1. The normalized spacial score (nSPS) is 24.3. The van der Waals surface area contributed by atoms with Crippen molar-refractivity contribution in [2.45, 2.75) is 63.6 Å². The molecule has 2 saturated carbocycles. The number of rotatable bonds is 5. The summed E-state index contributed by atoms with van der Waals surface area (Å²) < 4.78 is 7.61. The molecular weight excluding hydrogens is 430 g/mol. The number of hydrogen-bond acceptors (Lipinski definition) is 6. The first-order chi connectivity index (χ1) is 15.5. The van der Waals surface area contributed by atoms with Crippen LogP contribution in [-0.2, 0) is 12.1 Å². The quantitative estimate of drug-likeness (QED) is 0.614. The zero-order valence-electron chi connectivity index (χ0n) is 17.8. The van der Waals surface area contributed by atoms with E-state index in [1.54, 1.807) is 25.4 Å². The number of carbonyl (C=O) groups excluding carboxylic acids is 1. The molecule has 0 radical (unpaired) electrons. The molecule has 10 heteroatoms. The van der Waals surface area contributed by atoms with Gasteiger partial charge in [0, 0.05) is 37.2 Å². The average molecular weight is 454 g/mol. The van der Waals surface area contributed by atoms with Crippen LogP contribution in [0.3, 0.4) is 0 Å². The van der Waals surface area contributed by atoms with Gasteiger partial charge in [-0.3, -0.25) is 4.68 Å². The number of urea groups is 1. The summed E-state index contributed by atoms with van der Waals surface area (Å²) in [5.74, 6) is 2.31. The van der Waals surface area contributed by atoms with Crippen LogP contribution in [0.4, 0.5) is 10.5 Å². The van der Waals surface area contributed by atoms with Gasteiger partial charge in [-0.05, 0) is 56.2 Å². The molecule has 1 aromatic carbocycles. The fourth-order valence-electron chi connectivity index (χ4n) is 5.07. The topological polar surface area (TPSA) is 102 Å². The van der Waals surface area contributed by atoms with E-state index < -0.39 is 5.54 Å². The van der Waals surface area contributed by atoms with Gasteiger partial charge in [-0.25, -0.2) is 9.78 Å². The third kappa shape index (κ3) is 3.26. The highest BCUT2D eigenvalue weighted by atomic mass is 35.5. The van der Waals surface area contributed by atoms with Gasteiger partial charge in [-0.2, -0.15) is 5.10 Å². The summed E-state index contributed by atoms with van der Waals surface area (Å²) in [5, 5.41) is 16.4. The van der Waals surface area contributed by atoms with Crippen molar-refractivity contribution in [2.24, 2.45) is 5.92 Å². The Labute approximate surface area is 190 Å². The van der Waals surface area contributed by atoms with Crippen molar-refractivity contribution in [3.63, 3.8) is 0 Å². The summed E-state index contributed by atoms with van der Waals surface area (Å²) in [6.07, 6.45) is 7.95. The smallest absolute Gasteiger partial charge is 0.322 e. The molecule has 2 bridgehead atoms. The number of piperidine rings is 1. The summed E-state index contributed by atoms with van der Waals surface area (Å²) in [6, 6.07) is 5.40. The van der Waals surface area contributed by atoms with E-state index in [2.05, 4.69) is 25.6 Å². The highest BCUT2D eigenvalue weighted by Gasteiger charge is 2.60. The van der Waals surface area contributed by atoms with Gasteiger partial charge in [0.2, 0.25) is 11.8 Å². The van der Waals surface area contributed by atoms with E-state index >= 15 is 0 Å². The molecule has 0 spiro atoms. The minimum absolute atomic E-state index is 0.169. The number of anilines is 1. The van der Waals surface area contributed by atoms with Crippen molar-refractivity contribution in [3.05, 3.63) is 41.3 Å². The van der Waals surface area contributed by atoms with E-state index in [4.69, 9.17) is 16.0 Å². The molecule has 2 aromatic heterocycles. The molecule has 1 saturated heterocycles. The summed E-state index contributed by atoms with van der Waals surface area (Å²) in [5.41, 5.74) is 0.840. The summed E-state index contributed by atoms with van der Waals surface area (Å²) in [6.45, 7) is 2.65. The third-order valence-electron chi connectivity index (χ3n) is 6.81. The summed E-state index contributed by atoms with van der Waals surface area (Å²) in [7, 11) is 0. The Hall–Kier alpha value is -2.94. The van der Waals surface area contributed by atoms with Crippen molar-refractivity contribution in [1.82, 2.24) is 29.9 Å². The van der Waals surface area contributed by atoms with Crippen molar-refractivity contribution >= 4 is 23.3 Å². The van der Waals surface area contributed by atoms with E-state index in [-0.39, 0.29) is 12.1 Å². The largest absolute Gasteiger partial charge is 0.423 e. The zero-order valence-corrected chi connectivity index (χ0v) is 18.5. The number of aryl methyl sites for hydroxylation is 1. The molecule has 3 fully saturated rings. The van der Waals surface area contributed by atoms with Gasteiger partial charge in [0.05, 0.1) is 5.02 Å². The lowest BCUT2D eigenvalue weighted by molar-refractivity contribution is -0.0912. The van der Waals surface area contributed by atoms with Crippen LogP contribution in [0.2, 0.25) is 5.02 Å². The standard InChI is InChI=1S/C22H24ClN7O2/c1-13-26-27-20(32-13)22-8-2-3-16(10-22)30(22)21(31)25-15-6-7-18(23)17(9-15)19-24-12-29(28-19)11-14-4-5-14/h6-7,9,12,14,16H,2-5,8,10-11H2,1H3,(H,25,31)/t16-,22+/m0/s1. The SMILES string of the molecule is Cc1nnc([C@@]23CCC[C@@H](C2)N3C(=O)Nc2ccc(Cl)c(-c3ncn(CC4CC4)n3)c2)o1. The number of halogens is 1. The summed E-state index contributed by atoms with van der Waals surface area (Å²) in [4.78, 5) is 19.6. The van der Waals surface area contributed by atoms with E-state index in [0.29, 0.717) is 39.8 Å². The van der Waals surface area contributed by atoms with Crippen molar-refractivity contribution in [2.75, 3.05) is 5.32 Å². The van der Waals surface area contributed by atoms with Gasteiger partial charge in [-0.15, -0.1) is 10.2 Å². The van der Waals surface area contributed by atoms with E-state index in [1.165, 1.54) is 12.8 Å². The van der Waals surface area contributed by atoms with Crippen LogP contribution in [-0.4, -0.2) is 41.9 Å². The third-order valence-corrected chi connectivity index (χ3v) is 7.14. The first-order valence-corrected chi connectivity index (χ1v) is 11.5. The van der Waals surface area contributed by atoms with Crippen molar-refractivity contribution < 1.29 is 9.21 Å². The van der Waals surface area contributed by atoms with E-state index in [0.717, 1.165) is 32.2 Å². The van der Waals surface area contributed by atoms with Crippen LogP contribution >= 0.6 is 11.6 Å². The van der Waals surface area contributed by atoms with Crippen LogP contribution in [0.1, 0.15) is 50.3 Å². The molecule has 32 heavy (non-hydrogen) atoms. The predicted octanol–water partition coefficient (Wildman–Crippen LogP) is 4.39. The van der Waals surface area contributed by atoms with Gasteiger partial charge in [0.15, 0.2) is 5.82 Å². The molecule has 2 amide bonds. The number of carbonyl (C=O) groups is 1. The van der Waals surface area contributed by atoms with Crippen LogP contribution in [0.25, 0.3) is 11.4 Å². The van der Waals surface area contributed by atoms with Gasteiger partial charge in [0.25, 0.3) is 0 Å². The van der Waals surface area contributed by atoms with Crippen LogP contribution in [0.15, 0.2) is 28.9 Å². The monoisotopic (exact) mass is 453 g/mol. The number of likely N-dealkylation sites (tertiary alicyclic amines) is 1. The van der Waals surface area contributed by atoms with Crippen molar-refractivity contribution in [1.29, 1.82) is 0 Å². The second-order valence-electron chi connectivity index (χ2n) is 9.14. The zero-order chi connectivity index (χ0) is 21.9. The highest BCUT2D eigenvalue weighted by Crippen LogP contribution is 2.53. The minimum Gasteiger partial charge on any atom is -0.423 e. The number of fused-ring (bicyclic) bond motifs is 2. The second-order valence-corrected chi connectivity index (χ2v) is 9.54. The predicted molar refractivity (Wildman–Crippen MR) is 117 cm³/mol. The van der Waals surface area contributed by atoms with E-state index in [9.17, 15) is 4.79 Å². The summed E-state index contributed by atoms with van der Waals surface area (Å²) >= 11 is 6.44. The average Bonchev–Trinajstić information content (AvgIpc) is 3.27. The van der Waals surface area contributed by atoms with Crippen LogP contribution < -0.4 is 5.32 Å². The fraction of sp³-hybridized carbons (Fsp3) is 0.500. The first-order valence-electron chi connectivity index (χ1n) is 11.1. The second kappa shape index (κ2) is 7.30. The molecular formula is C22H24ClN7O2. The number of aromatic nitrogens is 5. The van der Waals surface area contributed by atoms with Gasteiger partial charge in [-0.1, -0.05) is 11.6 Å². The molecule has 1 aliphatic heterocycles. The lowest BCUT2D eigenvalue weighted by Gasteiger charge is -2.59. The van der Waals surface area contributed by atoms with Gasteiger partial charge < -0.3 is 14.6 Å². The molecule has 3 aliphatic rings. The van der Waals surface area contributed by atoms with Gasteiger partial charge >= 0.3 is 6.03 Å². The van der Waals surface area contributed by atoms with Crippen LogP contribution in [0, 0.1) is 12.8 Å². The Morgan fingerprint density at radius 2 is 2.19 bits per heavy atom. The maximum Gasteiger partial charge on any atom is 0.322 e. The highest BCUT2D eigenvalue weighted by molar-refractivity contribution is 6.33. The maximum atomic E-state index is 13.3. The molecule has 9 nitrogen and oxygen atoms in total. The van der Waals surface area contributed by atoms with Crippen molar-refractivity contribution in [3.8, 4) is 11.4 Å². The Balaban J connectivity index is 1.24. The van der Waals surface area contributed by atoms with E-state index in [1.807, 2.05) is 15.6 Å². The lowest BCUT2D eigenvalue weighted by Crippen LogP contribution is -2.69. The number of amides is 2. The Morgan fingerprint density at radius 1 is 1.31 bits per heavy atom. The Kier molecular flexibility index (Phi) is 4.50. The molecule has 3 aromatic rings. The molecule has 3 heterocycles. The maximum absolute atomic E-state index is 13.3. The fourth-order valence-corrected chi connectivity index (χ4v) is 5.27. The molecule has 0 unspecified atom stereocenters. The number of nitrogens with zero attached hydrogens (tertiary/aromatic N) is 6. The number of nitrogens with one attached hydrogen (secondary N) is 1. The molecule has 1 N–H and O–H groups in total.